The maximum absolute atomic E-state index is 12.1. The standard InChI is InChI=1S/C17H34N2O3/c1-14(9-12-21-5)18-10-8-15-7-6-11-19(13-15)16(20)22-17(2,3)4/h14-15,18H,6-13H2,1-5H3. The fourth-order valence-corrected chi connectivity index (χ4v) is 2.72. The second-order valence-electron chi connectivity index (χ2n) is 7.36. The van der Waals surface area contributed by atoms with Crippen LogP contribution in [0.4, 0.5) is 4.79 Å². The van der Waals surface area contributed by atoms with E-state index in [-0.39, 0.29) is 6.09 Å². The average molecular weight is 314 g/mol. The number of likely N-dealkylation sites (tertiary alicyclic amines) is 1. The van der Waals surface area contributed by atoms with Crippen LogP contribution in [0, 0.1) is 5.92 Å². The summed E-state index contributed by atoms with van der Waals surface area (Å²) in [5.74, 6) is 0.573. The zero-order valence-electron chi connectivity index (χ0n) is 15.0. The second-order valence-corrected chi connectivity index (χ2v) is 7.36. The third-order valence-electron chi connectivity index (χ3n) is 3.97. The Kier molecular flexibility index (Phi) is 8.18. The van der Waals surface area contributed by atoms with Crippen molar-refractivity contribution < 1.29 is 14.3 Å². The molecule has 1 aliphatic heterocycles. The van der Waals surface area contributed by atoms with Crippen molar-refractivity contribution in [2.75, 3.05) is 33.4 Å². The third-order valence-corrected chi connectivity index (χ3v) is 3.97. The monoisotopic (exact) mass is 314 g/mol. The molecule has 22 heavy (non-hydrogen) atoms. The molecule has 0 aromatic heterocycles. The third kappa shape index (κ3) is 7.99. The maximum Gasteiger partial charge on any atom is 0.410 e. The Morgan fingerprint density at radius 1 is 1.41 bits per heavy atom. The largest absolute Gasteiger partial charge is 0.444 e. The van der Waals surface area contributed by atoms with Crippen LogP contribution >= 0.6 is 0 Å². The highest BCUT2D eigenvalue weighted by molar-refractivity contribution is 5.68. The van der Waals surface area contributed by atoms with Crippen LogP contribution in [0.15, 0.2) is 0 Å². The zero-order valence-corrected chi connectivity index (χ0v) is 15.0. The molecule has 0 aliphatic carbocycles. The van der Waals surface area contributed by atoms with Crippen LogP contribution in [-0.4, -0.2) is 56.0 Å². The summed E-state index contributed by atoms with van der Waals surface area (Å²) in [4.78, 5) is 14.0. The van der Waals surface area contributed by atoms with E-state index in [1.807, 2.05) is 25.7 Å². The Morgan fingerprint density at radius 2 is 2.14 bits per heavy atom. The van der Waals surface area contributed by atoms with Gasteiger partial charge in [-0.15, -0.1) is 0 Å². The Morgan fingerprint density at radius 3 is 2.77 bits per heavy atom. The molecule has 1 saturated heterocycles. The van der Waals surface area contributed by atoms with Crippen LogP contribution in [0.3, 0.4) is 0 Å². The molecule has 5 nitrogen and oxygen atoms in total. The summed E-state index contributed by atoms with van der Waals surface area (Å²) in [6.45, 7) is 11.4. The van der Waals surface area contributed by atoms with Crippen molar-refractivity contribution in [1.29, 1.82) is 0 Å². The van der Waals surface area contributed by atoms with Gasteiger partial charge in [-0.05, 0) is 65.8 Å². The lowest BCUT2D eigenvalue weighted by Gasteiger charge is -2.34. The normalized spacial score (nSPS) is 20.8. The topological polar surface area (TPSA) is 50.8 Å². The SMILES string of the molecule is COCCC(C)NCCC1CCCN(C(=O)OC(C)(C)C)C1. The summed E-state index contributed by atoms with van der Waals surface area (Å²) < 4.78 is 10.6. The number of nitrogens with zero attached hydrogens (tertiary/aromatic N) is 1. The lowest BCUT2D eigenvalue weighted by Crippen LogP contribution is -2.43. The molecule has 1 amide bonds. The number of amides is 1. The number of methoxy groups -OCH3 is 1. The number of hydrogen-bond donors (Lipinski definition) is 1. The lowest BCUT2D eigenvalue weighted by molar-refractivity contribution is 0.0161. The van der Waals surface area contributed by atoms with Crippen molar-refractivity contribution in [3.05, 3.63) is 0 Å². The van der Waals surface area contributed by atoms with Crippen molar-refractivity contribution in [1.82, 2.24) is 10.2 Å². The van der Waals surface area contributed by atoms with Crippen LogP contribution in [0.25, 0.3) is 0 Å². The van der Waals surface area contributed by atoms with Gasteiger partial charge < -0.3 is 19.7 Å². The quantitative estimate of drug-likeness (QED) is 0.785. The van der Waals surface area contributed by atoms with E-state index >= 15 is 0 Å². The van der Waals surface area contributed by atoms with E-state index in [0.717, 1.165) is 45.5 Å². The number of nitrogens with one attached hydrogen (secondary N) is 1. The number of hydrogen-bond acceptors (Lipinski definition) is 4. The first kappa shape index (κ1) is 19.2. The van der Waals surface area contributed by atoms with Crippen molar-refractivity contribution in [2.24, 2.45) is 5.92 Å². The predicted molar refractivity (Wildman–Crippen MR) is 89.1 cm³/mol. The van der Waals surface area contributed by atoms with Gasteiger partial charge in [0.05, 0.1) is 0 Å². The van der Waals surface area contributed by atoms with Crippen molar-refractivity contribution in [3.63, 3.8) is 0 Å². The minimum Gasteiger partial charge on any atom is -0.444 e. The Bertz CT molecular complexity index is 328. The summed E-state index contributed by atoms with van der Waals surface area (Å²) in [7, 11) is 1.74. The average Bonchev–Trinajstić information content (AvgIpc) is 2.43. The number of carbonyl (C=O) groups excluding carboxylic acids is 1. The highest BCUT2D eigenvalue weighted by Gasteiger charge is 2.27. The van der Waals surface area contributed by atoms with Crippen LogP contribution in [-0.2, 0) is 9.47 Å². The summed E-state index contributed by atoms with van der Waals surface area (Å²) in [5.41, 5.74) is -0.414. The van der Waals surface area contributed by atoms with Gasteiger partial charge in [0.2, 0.25) is 0 Å². The summed E-state index contributed by atoms with van der Waals surface area (Å²) in [5, 5.41) is 3.53. The minimum atomic E-state index is -0.414. The van der Waals surface area contributed by atoms with Crippen molar-refractivity contribution in [2.45, 2.75) is 65.0 Å². The molecule has 0 saturated carbocycles. The zero-order chi connectivity index (χ0) is 16.6. The molecule has 2 unspecified atom stereocenters. The number of rotatable bonds is 7. The molecule has 1 aliphatic rings. The molecule has 0 radical (unpaired) electrons. The molecular formula is C17H34N2O3. The lowest BCUT2D eigenvalue weighted by atomic mass is 9.95. The predicted octanol–water partition coefficient (Wildman–Crippen LogP) is 3.04. The van der Waals surface area contributed by atoms with E-state index in [1.54, 1.807) is 7.11 Å². The first-order valence-corrected chi connectivity index (χ1v) is 8.52. The fraction of sp³-hybridized carbons (Fsp3) is 0.941. The summed E-state index contributed by atoms with van der Waals surface area (Å²) >= 11 is 0. The molecule has 0 bridgehead atoms. The summed E-state index contributed by atoms with van der Waals surface area (Å²) in [6, 6.07) is 0.477. The molecule has 2 atom stereocenters. The minimum absolute atomic E-state index is 0.168. The Hall–Kier alpha value is -0.810. The molecule has 1 fully saturated rings. The van der Waals surface area contributed by atoms with E-state index < -0.39 is 5.60 Å². The molecule has 1 N–H and O–H groups in total. The maximum atomic E-state index is 12.1. The Labute approximate surface area is 135 Å². The molecule has 0 spiro atoms. The van der Waals surface area contributed by atoms with Crippen LogP contribution < -0.4 is 5.32 Å². The smallest absolute Gasteiger partial charge is 0.410 e. The molecule has 1 rings (SSSR count). The highest BCUT2D eigenvalue weighted by atomic mass is 16.6. The first-order chi connectivity index (χ1) is 10.3. The van der Waals surface area contributed by atoms with Gasteiger partial charge in [-0.3, -0.25) is 0 Å². The molecule has 1 heterocycles. The van der Waals surface area contributed by atoms with Gasteiger partial charge in [0.15, 0.2) is 0 Å². The van der Waals surface area contributed by atoms with E-state index in [9.17, 15) is 4.79 Å². The van der Waals surface area contributed by atoms with Gasteiger partial charge in [-0.25, -0.2) is 4.79 Å². The van der Waals surface area contributed by atoms with E-state index in [2.05, 4.69) is 12.2 Å². The van der Waals surface area contributed by atoms with Gasteiger partial charge >= 0.3 is 6.09 Å². The van der Waals surface area contributed by atoms with Crippen molar-refractivity contribution in [3.8, 4) is 0 Å². The van der Waals surface area contributed by atoms with E-state index in [1.165, 1.54) is 6.42 Å². The first-order valence-electron chi connectivity index (χ1n) is 8.52. The molecular weight excluding hydrogens is 280 g/mol. The van der Waals surface area contributed by atoms with Crippen LogP contribution in [0.2, 0.25) is 0 Å². The van der Waals surface area contributed by atoms with Crippen LogP contribution in [0.5, 0.6) is 0 Å². The van der Waals surface area contributed by atoms with Gasteiger partial charge in [0, 0.05) is 32.8 Å². The Balaban J connectivity index is 2.27. The van der Waals surface area contributed by atoms with Gasteiger partial charge in [0.1, 0.15) is 5.60 Å². The van der Waals surface area contributed by atoms with E-state index in [0.29, 0.717) is 12.0 Å². The number of carbonyl (C=O) groups is 1. The number of ether oxygens (including phenoxy) is 2. The van der Waals surface area contributed by atoms with Crippen LogP contribution in [0.1, 0.15) is 53.4 Å². The van der Waals surface area contributed by atoms with Gasteiger partial charge in [-0.2, -0.15) is 0 Å². The molecule has 0 aromatic rings. The molecule has 130 valence electrons. The number of piperidine rings is 1. The van der Waals surface area contributed by atoms with Crippen molar-refractivity contribution >= 4 is 6.09 Å². The van der Waals surface area contributed by atoms with Gasteiger partial charge in [-0.1, -0.05) is 0 Å². The molecule has 0 aromatic carbocycles. The van der Waals surface area contributed by atoms with E-state index in [4.69, 9.17) is 9.47 Å². The van der Waals surface area contributed by atoms with Gasteiger partial charge in [0.25, 0.3) is 0 Å². The molecule has 5 heteroatoms. The summed E-state index contributed by atoms with van der Waals surface area (Å²) in [6.07, 6.45) is 4.25. The second kappa shape index (κ2) is 9.36. The fourth-order valence-electron chi connectivity index (χ4n) is 2.72. The highest BCUT2D eigenvalue weighted by Crippen LogP contribution is 2.21.